The summed E-state index contributed by atoms with van der Waals surface area (Å²) in [4.78, 5) is 30.8. The molecule has 2 saturated heterocycles. The summed E-state index contributed by atoms with van der Waals surface area (Å²) in [5.41, 5.74) is 0.756. The Bertz CT molecular complexity index is 743. The molecule has 0 bridgehead atoms. The van der Waals surface area contributed by atoms with Gasteiger partial charge in [-0.05, 0) is 37.0 Å². The fraction of sp³-hybridized carbons (Fsp3) is 0.412. The van der Waals surface area contributed by atoms with E-state index in [4.69, 9.17) is 4.42 Å². The van der Waals surface area contributed by atoms with Crippen LogP contribution in [-0.2, 0) is 4.79 Å². The molecule has 2 aliphatic heterocycles. The van der Waals surface area contributed by atoms with E-state index in [0.29, 0.717) is 31.9 Å². The highest BCUT2D eigenvalue weighted by Crippen LogP contribution is 2.34. The third-order valence-electron chi connectivity index (χ3n) is 5.10. The molecule has 2 amide bonds. The van der Waals surface area contributed by atoms with Crippen molar-refractivity contribution in [2.24, 2.45) is 0 Å². The number of piperazine rings is 1. The highest BCUT2D eigenvalue weighted by Gasteiger charge is 2.49. The highest BCUT2D eigenvalue weighted by molar-refractivity contribution is 7.08. The Labute approximate surface area is 144 Å². The minimum atomic E-state index is -0.196. The van der Waals surface area contributed by atoms with E-state index in [1.54, 1.807) is 23.5 Å². The first-order valence-electron chi connectivity index (χ1n) is 7.96. The van der Waals surface area contributed by atoms with Gasteiger partial charge in [0.2, 0.25) is 5.91 Å². The van der Waals surface area contributed by atoms with Crippen LogP contribution in [0.3, 0.4) is 0 Å². The Balaban J connectivity index is 1.56. The second-order valence-corrected chi connectivity index (χ2v) is 7.28. The van der Waals surface area contributed by atoms with Gasteiger partial charge in [-0.3, -0.25) is 14.5 Å². The van der Waals surface area contributed by atoms with Crippen LogP contribution in [0.4, 0.5) is 5.69 Å². The molecule has 126 valence electrons. The fourth-order valence-electron chi connectivity index (χ4n) is 3.63. The standard InChI is InChI=1S/C17H19N3O3S/c1-18-9-15(21)20(13-4-8-24-10-13)12-17(18)5-6-19(11-17)16(22)14-3-2-7-23-14/h2-4,7-8,10H,5-6,9,11-12H2,1H3. The van der Waals surface area contributed by atoms with Crippen LogP contribution in [-0.4, -0.2) is 60.4 Å². The number of likely N-dealkylation sites (N-methyl/N-ethyl adjacent to an activating group) is 1. The third kappa shape index (κ3) is 2.44. The van der Waals surface area contributed by atoms with E-state index in [1.165, 1.54) is 6.26 Å². The molecule has 0 aromatic carbocycles. The van der Waals surface area contributed by atoms with Gasteiger partial charge in [-0.15, -0.1) is 0 Å². The Hall–Kier alpha value is -2.12. The highest BCUT2D eigenvalue weighted by atomic mass is 32.1. The number of carbonyl (C=O) groups is 2. The number of likely N-dealkylation sites (tertiary alicyclic amines) is 1. The van der Waals surface area contributed by atoms with E-state index in [2.05, 4.69) is 4.90 Å². The number of carbonyl (C=O) groups excluding carboxylic acids is 2. The summed E-state index contributed by atoms with van der Waals surface area (Å²) in [6, 6.07) is 5.39. The van der Waals surface area contributed by atoms with E-state index < -0.39 is 0 Å². The molecule has 1 spiro atoms. The van der Waals surface area contributed by atoms with Gasteiger partial charge in [0, 0.05) is 25.0 Å². The molecule has 2 aromatic rings. The van der Waals surface area contributed by atoms with E-state index in [9.17, 15) is 9.59 Å². The summed E-state index contributed by atoms with van der Waals surface area (Å²) < 4.78 is 5.24. The average Bonchev–Trinajstić information content (AvgIpc) is 3.32. The van der Waals surface area contributed by atoms with E-state index in [0.717, 1.165) is 12.1 Å². The maximum absolute atomic E-state index is 12.6. The van der Waals surface area contributed by atoms with Crippen LogP contribution in [0.5, 0.6) is 0 Å². The van der Waals surface area contributed by atoms with Crippen molar-refractivity contribution < 1.29 is 14.0 Å². The largest absolute Gasteiger partial charge is 0.459 e. The van der Waals surface area contributed by atoms with Crippen LogP contribution in [0, 0.1) is 0 Å². The second-order valence-electron chi connectivity index (χ2n) is 6.50. The van der Waals surface area contributed by atoms with Gasteiger partial charge in [0.1, 0.15) is 0 Å². The number of furan rings is 1. The van der Waals surface area contributed by atoms with Crippen molar-refractivity contribution in [3.8, 4) is 0 Å². The van der Waals surface area contributed by atoms with Crippen molar-refractivity contribution in [1.82, 2.24) is 9.80 Å². The normalized spacial score (nSPS) is 25.0. The Morgan fingerprint density at radius 3 is 2.92 bits per heavy atom. The third-order valence-corrected chi connectivity index (χ3v) is 5.78. The molecule has 7 heteroatoms. The van der Waals surface area contributed by atoms with Crippen molar-refractivity contribution in [2.45, 2.75) is 12.0 Å². The zero-order valence-electron chi connectivity index (χ0n) is 13.5. The van der Waals surface area contributed by atoms with Crippen LogP contribution >= 0.6 is 11.3 Å². The van der Waals surface area contributed by atoms with Gasteiger partial charge in [0.05, 0.1) is 24.0 Å². The lowest BCUT2D eigenvalue weighted by Crippen LogP contribution is -2.64. The summed E-state index contributed by atoms with van der Waals surface area (Å²) in [6.07, 6.45) is 2.37. The number of thiophene rings is 1. The van der Waals surface area contributed by atoms with Crippen molar-refractivity contribution in [3.63, 3.8) is 0 Å². The second kappa shape index (κ2) is 5.75. The average molecular weight is 345 g/mol. The fourth-order valence-corrected chi connectivity index (χ4v) is 4.27. The molecular formula is C17H19N3O3S. The lowest BCUT2D eigenvalue weighted by Gasteiger charge is -2.46. The molecule has 0 N–H and O–H groups in total. The van der Waals surface area contributed by atoms with Gasteiger partial charge in [0.25, 0.3) is 5.91 Å². The molecule has 2 fully saturated rings. The Kier molecular flexibility index (Phi) is 3.69. The van der Waals surface area contributed by atoms with E-state index in [1.807, 2.05) is 33.7 Å². The van der Waals surface area contributed by atoms with Crippen LogP contribution < -0.4 is 4.90 Å². The Morgan fingerprint density at radius 2 is 2.21 bits per heavy atom. The smallest absolute Gasteiger partial charge is 0.289 e. The zero-order valence-corrected chi connectivity index (χ0v) is 14.3. The molecule has 4 rings (SSSR count). The number of amides is 2. The minimum Gasteiger partial charge on any atom is -0.459 e. The first-order valence-corrected chi connectivity index (χ1v) is 8.90. The first-order chi connectivity index (χ1) is 11.6. The minimum absolute atomic E-state index is 0.0794. The van der Waals surface area contributed by atoms with Crippen LogP contribution in [0.1, 0.15) is 17.0 Å². The number of anilines is 1. The molecule has 2 aromatic heterocycles. The molecule has 0 radical (unpaired) electrons. The predicted molar refractivity (Wildman–Crippen MR) is 91.3 cm³/mol. The summed E-state index contributed by atoms with van der Waals surface area (Å²) in [5, 5.41) is 3.98. The molecule has 24 heavy (non-hydrogen) atoms. The zero-order chi connectivity index (χ0) is 16.7. The maximum Gasteiger partial charge on any atom is 0.289 e. The molecule has 4 heterocycles. The number of nitrogens with zero attached hydrogens (tertiary/aromatic N) is 3. The van der Waals surface area contributed by atoms with E-state index in [-0.39, 0.29) is 17.4 Å². The maximum atomic E-state index is 12.6. The molecule has 6 nitrogen and oxygen atoms in total. The summed E-state index contributed by atoms with van der Waals surface area (Å²) in [7, 11) is 1.98. The van der Waals surface area contributed by atoms with Crippen molar-refractivity contribution in [3.05, 3.63) is 41.0 Å². The number of hydrogen-bond donors (Lipinski definition) is 0. The lowest BCUT2D eigenvalue weighted by molar-refractivity contribution is -0.123. The van der Waals surface area contributed by atoms with Gasteiger partial charge in [-0.1, -0.05) is 0 Å². The van der Waals surface area contributed by atoms with Crippen LogP contribution in [0.25, 0.3) is 0 Å². The molecule has 1 unspecified atom stereocenters. The van der Waals surface area contributed by atoms with Crippen LogP contribution in [0.2, 0.25) is 0 Å². The van der Waals surface area contributed by atoms with Gasteiger partial charge >= 0.3 is 0 Å². The summed E-state index contributed by atoms with van der Waals surface area (Å²) in [5.74, 6) is 0.401. The Morgan fingerprint density at radius 1 is 1.33 bits per heavy atom. The van der Waals surface area contributed by atoms with E-state index >= 15 is 0 Å². The molecule has 1 atom stereocenters. The number of rotatable bonds is 2. The lowest BCUT2D eigenvalue weighted by atomic mass is 9.93. The van der Waals surface area contributed by atoms with Gasteiger partial charge in [-0.25, -0.2) is 0 Å². The topological polar surface area (TPSA) is 57.0 Å². The molecular weight excluding hydrogens is 326 g/mol. The van der Waals surface area contributed by atoms with Crippen molar-refractivity contribution in [2.75, 3.05) is 38.1 Å². The molecule has 2 aliphatic rings. The van der Waals surface area contributed by atoms with Crippen molar-refractivity contribution in [1.29, 1.82) is 0 Å². The van der Waals surface area contributed by atoms with Gasteiger partial charge in [-0.2, -0.15) is 11.3 Å². The quantitative estimate of drug-likeness (QED) is 0.834. The molecule has 0 aliphatic carbocycles. The SMILES string of the molecule is CN1CC(=O)N(c2ccsc2)CC12CCN(C(=O)c1ccco1)C2. The van der Waals surface area contributed by atoms with Crippen molar-refractivity contribution >= 4 is 28.8 Å². The summed E-state index contributed by atoms with van der Waals surface area (Å²) in [6.45, 7) is 2.27. The molecule has 0 saturated carbocycles. The summed E-state index contributed by atoms with van der Waals surface area (Å²) >= 11 is 1.59. The number of hydrogen-bond acceptors (Lipinski definition) is 5. The first kappa shape index (κ1) is 15.4. The monoisotopic (exact) mass is 345 g/mol. The van der Waals surface area contributed by atoms with Crippen LogP contribution in [0.15, 0.2) is 39.6 Å². The van der Waals surface area contributed by atoms with Gasteiger partial charge < -0.3 is 14.2 Å². The van der Waals surface area contributed by atoms with Gasteiger partial charge in [0.15, 0.2) is 5.76 Å². The predicted octanol–water partition coefficient (Wildman–Crippen LogP) is 1.90.